The number of aliphatic hydroxyl groups is 1. The molecule has 0 fully saturated rings. The predicted molar refractivity (Wildman–Crippen MR) is 95.4 cm³/mol. The molecule has 0 bridgehead atoms. The first kappa shape index (κ1) is 15.7. The van der Waals surface area contributed by atoms with E-state index in [4.69, 9.17) is 0 Å². The molecule has 0 radical (unpaired) electrons. The van der Waals surface area contributed by atoms with E-state index in [9.17, 15) is 9.90 Å². The zero-order valence-electron chi connectivity index (χ0n) is 13.6. The summed E-state index contributed by atoms with van der Waals surface area (Å²) in [4.78, 5) is 12.5. The van der Waals surface area contributed by atoms with Gasteiger partial charge >= 0.3 is 0 Å². The van der Waals surface area contributed by atoms with Crippen LogP contribution >= 0.6 is 0 Å². The van der Waals surface area contributed by atoms with Crippen LogP contribution in [-0.2, 0) is 11.2 Å². The van der Waals surface area contributed by atoms with E-state index in [0.29, 0.717) is 0 Å². The van der Waals surface area contributed by atoms with Gasteiger partial charge in [0, 0.05) is 0 Å². The molecule has 8 heteroatoms. The van der Waals surface area contributed by atoms with Crippen molar-refractivity contribution in [2.24, 2.45) is 5.10 Å². The summed E-state index contributed by atoms with van der Waals surface area (Å²) < 4.78 is 0. The van der Waals surface area contributed by atoms with E-state index in [1.54, 1.807) is 6.08 Å². The lowest BCUT2D eigenvalue weighted by atomic mass is 10.0. The van der Waals surface area contributed by atoms with Crippen molar-refractivity contribution in [3.8, 4) is 0 Å². The number of hydrogen-bond donors (Lipinski definition) is 2. The topological polar surface area (TPSA) is 107 Å². The number of carbonyl (C=O) groups is 1. The van der Waals surface area contributed by atoms with E-state index in [1.807, 2.05) is 42.5 Å². The number of aromatic nitrogens is 4. The molecular formula is C18H14N6O2. The van der Waals surface area contributed by atoms with Gasteiger partial charge in [0.1, 0.15) is 5.57 Å². The number of carbonyl (C=O) groups excluding carboxylic acids is 1. The van der Waals surface area contributed by atoms with Gasteiger partial charge in [-0.05, 0) is 39.6 Å². The number of nitrogens with zero attached hydrogens (tertiary/aromatic N) is 5. The number of anilines is 1. The number of hydrogen-bond acceptors (Lipinski definition) is 5. The van der Waals surface area contributed by atoms with E-state index < -0.39 is 5.91 Å². The van der Waals surface area contributed by atoms with Gasteiger partial charge in [0.05, 0.1) is 0 Å². The Hall–Kier alpha value is -3.81. The van der Waals surface area contributed by atoms with Gasteiger partial charge in [0.15, 0.2) is 0 Å². The molecule has 1 aliphatic heterocycles. The highest BCUT2D eigenvalue weighted by Gasteiger charge is 2.33. The average molecular weight is 346 g/mol. The lowest BCUT2D eigenvalue weighted by molar-refractivity contribution is -0.114. The number of aromatic amines is 1. The lowest BCUT2D eigenvalue weighted by Gasteiger charge is -2.05. The first-order chi connectivity index (χ1) is 12.7. The molecule has 3 aromatic rings. The Morgan fingerprint density at radius 1 is 1.08 bits per heavy atom. The molecule has 1 aromatic heterocycles. The van der Waals surface area contributed by atoms with Crippen molar-refractivity contribution in [3.05, 3.63) is 76.9 Å². The van der Waals surface area contributed by atoms with Gasteiger partial charge < -0.3 is 5.11 Å². The van der Waals surface area contributed by atoms with Gasteiger partial charge in [-0.15, -0.1) is 5.10 Å². The van der Waals surface area contributed by atoms with Gasteiger partial charge in [0.25, 0.3) is 11.9 Å². The smallest absolute Gasteiger partial charge is 0.287 e. The second kappa shape index (κ2) is 6.60. The second-order valence-corrected chi connectivity index (χ2v) is 5.73. The minimum absolute atomic E-state index is 0.0442. The Morgan fingerprint density at radius 2 is 1.88 bits per heavy atom. The molecule has 0 atom stereocenters. The van der Waals surface area contributed by atoms with Crippen LogP contribution in [0.25, 0.3) is 6.08 Å². The van der Waals surface area contributed by atoms with Crippen LogP contribution in [0.1, 0.15) is 16.7 Å². The standard InChI is InChI=1S/C18H14N6O2/c25-16-15(17(26)24(21-16)18-19-22-23-20-18)11-14-8-4-7-13(10-14)9-12-5-2-1-3-6-12/h1-8,10-11H,9H2,(H,21,25)(H,19,20,22,23)/b15-11-. The predicted octanol–water partition coefficient (Wildman–Crippen LogP) is 2.09. The number of nitrogens with one attached hydrogen (secondary N) is 1. The van der Waals surface area contributed by atoms with Crippen molar-refractivity contribution in [2.45, 2.75) is 6.42 Å². The van der Waals surface area contributed by atoms with Gasteiger partial charge in [-0.3, -0.25) is 4.79 Å². The summed E-state index contributed by atoms with van der Waals surface area (Å²) >= 11 is 0. The maximum atomic E-state index is 12.5. The fraction of sp³-hybridized carbons (Fsp3) is 0.0556. The fourth-order valence-corrected chi connectivity index (χ4v) is 2.71. The summed E-state index contributed by atoms with van der Waals surface area (Å²) in [5, 5.41) is 27.6. The quantitative estimate of drug-likeness (QED) is 0.703. The Morgan fingerprint density at radius 3 is 2.65 bits per heavy atom. The van der Waals surface area contributed by atoms with E-state index in [2.05, 4.69) is 37.9 Å². The fourth-order valence-electron chi connectivity index (χ4n) is 2.71. The Kier molecular flexibility index (Phi) is 3.98. The van der Waals surface area contributed by atoms with Gasteiger partial charge in [0.2, 0.25) is 5.90 Å². The highest BCUT2D eigenvalue weighted by atomic mass is 16.3. The number of benzene rings is 2. The van der Waals surface area contributed by atoms with Crippen LogP contribution < -0.4 is 5.01 Å². The summed E-state index contributed by atoms with van der Waals surface area (Å²) in [5.41, 5.74) is 3.17. The molecule has 2 N–H and O–H groups in total. The van der Waals surface area contributed by atoms with Crippen molar-refractivity contribution in [1.82, 2.24) is 20.6 Å². The molecule has 1 amide bonds. The monoisotopic (exact) mass is 346 g/mol. The summed E-state index contributed by atoms with van der Waals surface area (Å²) in [5.74, 6) is -0.836. The maximum Gasteiger partial charge on any atom is 0.287 e. The van der Waals surface area contributed by atoms with Crippen LogP contribution in [0, 0.1) is 0 Å². The van der Waals surface area contributed by atoms with Crippen LogP contribution in [-0.4, -0.2) is 37.5 Å². The van der Waals surface area contributed by atoms with Crippen LogP contribution in [0.15, 0.2) is 65.3 Å². The number of rotatable bonds is 4. The van der Waals surface area contributed by atoms with Gasteiger partial charge in [-0.1, -0.05) is 59.7 Å². The van der Waals surface area contributed by atoms with Crippen molar-refractivity contribution in [3.63, 3.8) is 0 Å². The Bertz CT molecular complexity index is 996. The zero-order chi connectivity index (χ0) is 17.9. The Labute approximate surface area is 148 Å². The summed E-state index contributed by atoms with van der Waals surface area (Å²) in [7, 11) is 0. The molecule has 0 spiro atoms. The summed E-state index contributed by atoms with van der Waals surface area (Å²) in [6.45, 7) is 0. The SMILES string of the molecule is O=C1/C(=C\c2cccc(Cc3ccccc3)c2)C(O)=NN1c1nnn[nH]1. The first-order valence-electron chi connectivity index (χ1n) is 7.91. The van der Waals surface area contributed by atoms with Crippen LogP contribution in [0.4, 0.5) is 5.95 Å². The van der Waals surface area contributed by atoms with Crippen LogP contribution in [0.3, 0.4) is 0 Å². The van der Waals surface area contributed by atoms with Gasteiger partial charge in [-0.2, -0.15) is 5.01 Å². The molecule has 26 heavy (non-hydrogen) atoms. The van der Waals surface area contributed by atoms with Crippen LogP contribution in [0.2, 0.25) is 0 Å². The minimum atomic E-state index is -0.505. The molecule has 1 aliphatic rings. The highest BCUT2D eigenvalue weighted by Crippen LogP contribution is 2.21. The number of aliphatic hydroxyl groups excluding tert-OH is 1. The van der Waals surface area contributed by atoms with Crippen molar-refractivity contribution >= 4 is 23.8 Å². The Balaban J connectivity index is 1.59. The van der Waals surface area contributed by atoms with Crippen molar-refractivity contribution in [1.29, 1.82) is 0 Å². The highest BCUT2D eigenvalue weighted by molar-refractivity contribution is 6.29. The van der Waals surface area contributed by atoms with Crippen LogP contribution in [0.5, 0.6) is 0 Å². The second-order valence-electron chi connectivity index (χ2n) is 5.73. The van der Waals surface area contributed by atoms with E-state index in [-0.39, 0.29) is 17.4 Å². The third kappa shape index (κ3) is 3.07. The van der Waals surface area contributed by atoms with Gasteiger partial charge in [-0.25, -0.2) is 5.10 Å². The first-order valence-corrected chi connectivity index (χ1v) is 7.91. The molecule has 0 saturated heterocycles. The van der Waals surface area contributed by atoms with Crippen molar-refractivity contribution < 1.29 is 9.90 Å². The minimum Gasteiger partial charge on any atom is -0.492 e. The molecule has 2 heterocycles. The molecule has 0 unspecified atom stereocenters. The maximum absolute atomic E-state index is 12.5. The lowest BCUT2D eigenvalue weighted by Crippen LogP contribution is -2.22. The molecule has 0 saturated carbocycles. The molecule has 128 valence electrons. The van der Waals surface area contributed by atoms with E-state index in [1.165, 1.54) is 5.56 Å². The number of hydrazone groups is 1. The third-order valence-electron chi connectivity index (χ3n) is 3.91. The van der Waals surface area contributed by atoms with E-state index in [0.717, 1.165) is 22.6 Å². The molecule has 2 aromatic carbocycles. The summed E-state index contributed by atoms with van der Waals surface area (Å²) in [6.07, 6.45) is 2.38. The number of tetrazole rings is 1. The zero-order valence-corrected chi connectivity index (χ0v) is 13.6. The largest absolute Gasteiger partial charge is 0.492 e. The summed E-state index contributed by atoms with van der Waals surface area (Å²) in [6, 6.07) is 17.9. The molecule has 4 rings (SSSR count). The number of H-pyrrole nitrogens is 1. The number of amides is 1. The van der Waals surface area contributed by atoms with E-state index >= 15 is 0 Å². The van der Waals surface area contributed by atoms with Crippen molar-refractivity contribution in [2.75, 3.05) is 5.01 Å². The third-order valence-corrected chi connectivity index (χ3v) is 3.91. The average Bonchev–Trinajstić information content (AvgIpc) is 3.27. The normalized spacial score (nSPS) is 15.5. The molecule has 0 aliphatic carbocycles. The molecule has 8 nitrogen and oxygen atoms in total. The molecular weight excluding hydrogens is 332 g/mol.